The smallest absolute Gasteiger partial charge is 0.170 e. The third-order valence-corrected chi connectivity index (χ3v) is 2.67. The molecule has 0 unspecified atom stereocenters. The van der Waals surface area contributed by atoms with Crippen molar-refractivity contribution >= 4 is 21.7 Å². The Bertz CT molecular complexity index is 506. The summed E-state index contributed by atoms with van der Waals surface area (Å²) in [4.78, 5) is 11.8. The molecule has 1 aromatic carbocycles. The van der Waals surface area contributed by atoms with Gasteiger partial charge in [-0.25, -0.2) is 4.39 Å². The number of ketones is 1. The maximum atomic E-state index is 13.4. The lowest BCUT2D eigenvalue weighted by Gasteiger charge is -2.01. The number of halogens is 2. The summed E-state index contributed by atoms with van der Waals surface area (Å²) in [5.41, 5.74) is 0.833. The Hall–Kier alpha value is -1.42. The van der Waals surface area contributed by atoms with E-state index >= 15 is 0 Å². The van der Waals surface area contributed by atoms with Gasteiger partial charge in [0.1, 0.15) is 5.82 Å². The molecule has 0 atom stereocenters. The van der Waals surface area contributed by atoms with Crippen LogP contribution in [0.25, 0.3) is 0 Å². The first-order valence-corrected chi connectivity index (χ1v) is 5.45. The van der Waals surface area contributed by atoms with Crippen molar-refractivity contribution in [1.29, 1.82) is 0 Å². The number of furan rings is 1. The Morgan fingerprint density at radius 3 is 2.88 bits per heavy atom. The van der Waals surface area contributed by atoms with E-state index in [1.165, 1.54) is 24.7 Å². The van der Waals surface area contributed by atoms with Crippen LogP contribution >= 0.6 is 15.9 Å². The van der Waals surface area contributed by atoms with Crippen LogP contribution < -0.4 is 0 Å². The van der Waals surface area contributed by atoms with E-state index in [0.29, 0.717) is 4.47 Å². The molecule has 4 heteroatoms. The van der Waals surface area contributed by atoms with Crippen LogP contribution in [-0.2, 0) is 6.42 Å². The van der Waals surface area contributed by atoms with Gasteiger partial charge in [-0.05, 0) is 29.8 Å². The quantitative estimate of drug-likeness (QED) is 0.805. The van der Waals surface area contributed by atoms with E-state index in [-0.39, 0.29) is 17.8 Å². The van der Waals surface area contributed by atoms with Gasteiger partial charge in [-0.1, -0.05) is 15.9 Å². The summed E-state index contributed by atoms with van der Waals surface area (Å²) < 4.78 is 18.9. The molecule has 2 nitrogen and oxygen atoms in total. The van der Waals surface area contributed by atoms with Gasteiger partial charge in [-0.3, -0.25) is 4.79 Å². The number of rotatable bonds is 3. The lowest BCUT2D eigenvalue weighted by Crippen LogP contribution is -2.05. The standard InChI is InChI=1S/C12H8BrFO2/c13-9-1-2-11(14)10(6-9)12(15)5-8-3-4-16-7-8/h1-4,6-7H,5H2. The Morgan fingerprint density at radius 1 is 1.38 bits per heavy atom. The Balaban J connectivity index is 2.24. The van der Waals surface area contributed by atoms with E-state index < -0.39 is 5.82 Å². The van der Waals surface area contributed by atoms with Crippen molar-refractivity contribution in [1.82, 2.24) is 0 Å². The first-order chi connectivity index (χ1) is 7.66. The van der Waals surface area contributed by atoms with Gasteiger partial charge in [0.2, 0.25) is 0 Å². The molecule has 0 aliphatic rings. The van der Waals surface area contributed by atoms with Crippen LogP contribution in [0.5, 0.6) is 0 Å². The second-order valence-electron chi connectivity index (χ2n) is 3.36. The van der Waals surface area contributed by atoms with Crippen molar-refractivity contribution in [3.63, 3.8) is 0 Å². The number of carbonyl (C=O) groups excluding carboxylic acids is 1. The fraction of sp³-hybridized carbons (Fsp3) is 0.0833. The highest BCUT2D eigenvalue weighted by atomic mass is 79.9. The lowest BCUT2D eigenvalue weighted by atomic mass is 10.0. The predicted molar refractivity (Wildman–Crippen MR) is 60.8 cm³/mol. The number of carbonyl (C=O) groups is 1. The van der Waals surface area contributed by atoms with Crippen LogP contribution in [0.2, 0.25) is 0 Å². The Morgan fingerprint density at radius 2 is 2.19 bits per heavy atom. The van der Waals surface area contributed by atoms with E-state index in [9.17, 15) is 9.18 Å². The summed E-state index contributed by atoms with van der Waals surface area (Å²) in [6, 6.07) is 6.00. The van der Waals surface area contributed by atoms with E-state index in [1.54, 1.807) is 12.1 Å². The topological polar surface area (TPSA) is 30.2 Å². The molecule has 0 fully saturated rings. The maximum absolute atomic E-state index is 13.4. The van der Waals surface area contributed by atoms with Crippen molar-refractivity contribution in [2.75, 3.05) is 0 Å². The van der Waals surface area contributed by atoms with Crippen molar-refractivity contribution in [2.24, 2.45) is 0 Å². The summed E-state index contributed by atoms with van der Waals surface area (Å²) in [7, 11) is 0. The molecule has 2 aromatic rings. The van der Waals surface area contributed by atoms with Gasteiger partial charge in [0, 0.05) is 10.9 Å². The second kappa shape index (κ2) is 4.61. The maximum Gasteiger partial charge on any atom is 0.170 e. The second-order valence-corrected chi connectivity index (χ2v) is 4.27. The van der Waals surface area contributed by atoms with Crippen LogP contribution in [0.3, 0.4) is 0 Å². The number of benzene rings is 1. The molecule has 2 rings (SSSR count). The van der Waals surface area contributed by atoms with Crippen LogP contribution in [0.4, 0.5) is 4.39 Å². The number of Topliss-reactive ketones (excluding diaryl/α,β-unsaturated/α-hetero) is 1. The van der Waals surface area contributed by atoms with Gasteiger partial charge in [-0.2, -0.15) is 0 Å². The zero-order valence-electron chi connectivity index (χ0n) is 8.24. The normalized spacial score (nSPS) is 10.4. The summed E-state index contributed by atoms with van der Waals surface area (Å²) >= 11 is 3.21. The number of hydrogen-bond acceptors (Lipinski definition) is 2. The molecular formula is C12H8BrFO2. The Labute approximate surface area is 100 Å². The van der Waals surface area contributed by atoms with Crippen LogP contribution in [0.15, 0.2) is 45.7 Å². The minimum Gasteiger partial charge on any atom is -0.472 e. The molecule has 0 saturated heterocycles. The van der Waals surface area contributed by atoms with Crippen molar-refractivity contribution in [3.8, 4) is 0 Å². The zero-order chi connectivity index (χ0) is 11.5. The van der Waals surface area contributed by atoms with Gasteiger partial charge in [0.25, 0.3) is 0 Å². The molecule has 1 heterocycles. The molecule has 0 spiro atoms. The van der Waals surface area contributed by atoms with Gasteiger partial charge < -0.3 is 4.42 Å². The lowest BCUT2D eigenvalue weighted by molar-refractivity contribution is 0.0989. The highest BCUT2D eigenvalue weighted by molar-refractivity contribution is 9.10. The van der Waals surface area contributed by atoms with E-state index in [4.69, 9.17) is 4.42 Å². The average molecular weight is 283 g/mol. The van der Waals surface area contributed by atoms with Gasteiger partial charge in [-0.15, -0.1) is 0 Å². The van der Waals surface area contributed by atoms with Crippen molar-refractivity contribution < 1.29 is 13.6 Å². The summed E-state index contributed by atoms with van der Waals surface area (Å²) in [6.45, 7) is 0. The minimum absolute atomic E-state index is 0.0931. The van der Waals surface area contributed by atoms with Crippen LogP contribution in [-0.4, -0.2) is 5.78 Å². The molecule has 82 valence electrons. The zero-order valence-corrected chi connectivity index (χ0v) is 9.83. The monoisotopic (exact) mass is 282 g/mol. The van der Waals surface area contributed by atoms with Gasteiger partial charge >= 0.3 is 0 Å². The highest BCUT2D eigenvalue weighted by Gasteiger charge is 2.13. The van der Waals surface area contributed by atoms with E-state index in [2.05, 4.69) is 15.9 Å². The fourth-order valence-corrected chi connectivity index (χ4v) is 1.75. The molecule has 0 N–H and O–H groups in total. The SMILES string of the molecule is O=C(Cc1ccoc1)c1cc(Br)ccc1F. The van der Waals surface area contributed by atoms with Crippen molar-refractivity contribution in [3.05, 3.63) is 58.2 Å². The molecule has 0 amide bonds. The summed E-state index contributed by atoms with van der Waals surface area (Å²) in [5, 5.41) is 0. The molecular weight excluding hydrogens is 275 g/mol. The van der Waals surface area contributed by atoms with Gasteiger partial charge in [0.15, 0.2) is 5.78 Å². The first-order valence-electron chi connectivity index (χ1n) is 4.66. The number of hydrogen-bond donors (Lipinski definition) is 0. The largest absolute Gasteiger partial charge is 0.472 e. The van der Waals surface area contributed by atoms with Crippen LogP contribution in [0, 0.1) is 5.82 Å². The highest BCUT2D eigenvalue weighted by Crippen LogP contribution is 2.17. The molecule has 1 aromatic heterocycles. The van der Waals surface area contributed by atoms with Crippen molar-refractivity contribution in [2.45, 2.75) is 6.42 Å². The first kappa shape index (κ1) is 11.1. The molecule has 0 aliphatic carbocycles. The summed E-state index contributed by atoms with van der Waals surface area (Å²) in [5.74, 6) is -0.767. The molecule has 0 bridgehead atoms. The molecule has 0 radical (unpaired) electrons. The fourth-order valence-electron chi connectivity index (χ4n) is 1.39. The molecule has 16 heavy (non-hydrogen) atoms. The predicted octanol–water partition coefficient (Wildman–Crippen LogP) is 3.61. The molecule has 0 aliphatic heterocycles. The third kappa shape index (κ3) is 2.39. The minimum atomic E-state index is -0.503. The average Bonchev–Trinajstić information content (AvgIpc) is 2.74. The van der Waals surface area contributed by atoms with E-state index in [0.717, 1.165) is 5.56 Å². The third-order valence-electron chi connectivity index (χ3n) is 2.17. The van der Waals surface area contributed by atoms with E-state index in [1.807, 2.05) is 0 Å². The molecule has 0 saturated carbocycles. The van der Waals surface area contributed by atoms with Gasteiger partial charge in [0.05, 0.1) is 18.1 Å². The Kier molecular flexibility index (Phi) is 3.19. The van der Waals surface area contributed by atoms with Crippen LogP contribution in [0.1, 0.15) is 15.9 Å². The summed E-state index contributed by atoms with van der Waals surface area (Å²) in [6.07, 6.45) is 3.11.